The first-order valence-electron chi connectivity index (χ1n) is 45.4. The van der Waals surface area contributed by atoms with E-state index in [1.807, 2.05) is 150 Å². The van der Waals surface area contributed by atoms with Gasteiger partial charge in [-0.25, -0.2) is 27.6 Å². The van der Waals surface area contributed by atoms with Crippen molar-refractivity contribution in [1.29, 1.82) is 0 Å². The minimum atomic E-state index is -0.596. The minimum absolute atomic E-state index is 0.0244. The molecule has 138 heavy (non-hydrogen) atoms. The summed E-state index contributed by atoms with van der Waals surface area (Å²) in [5.41, 5.74) is 10.3. The Balaban J connectivity index is 0.000000138. The number of halogens is 9. The van der Waals surface area contributed by atoms with Crippen molar-refractivity contribution in [1.82, 2.24) is 77.6 Å². The molecule has 4 fully saturated rings. The van der Waals surface area contributed by atoms with Crippen molar-refractivity contribution < 1.29 is 41.9 Å². The highest BCUT2D eigenvalue weighted by Crippen LogP contribution is 2.44. The molecule has 7 aliphatic rings. The molecule has 0 bridgehead atoms. The van der Waals surface area contributed by atoms with Crippen LogP contribution in [0.1, 0.15) is 141 Å². The van der Waals surface area contributed by atoms with Gasteiger partial charge in [0.1, 0.15) is 34.5 Å². The van der Waals surface area contributed by atoms with Crippen molar-refractivity contribution in [2.24, 2.45) is 10.8 Å². The van der Waals surface area contributed by atoms with Crippen molar-refractivity contribution in [2.75, 3.05) is 76.3 Å². The second kappa shape index (κ2) is 38.6. The van der Waals surface area contributed by atoms with Crippen molar-refractivity contribution in [3.63, 3.8) is 0 Å². The fourth-order valence-electron chi connectivity index (χ4n) is 20.4. The first-order valence-corrected chi connectivity index (χ1v) is 48.9. The second-order valence-corrected chi connectivity index (χ2v) is 41.0. The minimum Gasteiger partial charge on any atom is -0.370 e. The topological polar surface area (TPSA) is 260 Å². The highest BCUT2D eigenvalue weighted by molar-refractivity contribution is 9.11. The van der Waals surface area contributed by atoms with Gasteiger partial charge in [-0.2, -0.15) is 5.10 Å². The van der Waals surface area contributed by atoms with Crippen LogP contribution < -0.4 is 42.8 Å². The van der Waals surface area contributed by atoms with E-state index in [9.17, 15) is 56.3 Å². The number of carbonyl (C=O) groups is 6. The van der Waals surface area contributed by atoms with Gasteiger partial charge in [0, 0.05) is 206 Å². The highest BCUT2D eigenvalue weighted by Gasteiger charge is 2.52. The van der Waals surface area contributed by atoms with Crippen molar-refractivity contribution in [3.8, 4) is 17.1 Å². The molecule has 4 saturated heterocycles. The zero-order chi connectivity index (χ0) is 97.7. The van der Waals surface area contributed by atoms with Gasteiger partial charge in [0.05, 0.1) is 65.5 Å². The molecule has 3 N–H and O–H groups in total. The molecule has 36 heteroatoms. The van der Waals surface area contributed by atoms with E-state index in [0.29, 0.717) is 68.2 Å². The summed E-state index contributed by atoms with van der Waals surface area (Å²) < 4.78 is 57.2. The Bertz CT molecular complexity index is 6950. The molecule has 6 amide bonds. The monoisotopic (exact) mass is 2120 g/mol. The standard InChI is InChI=1S/2C35H35BrClFN6O3.C32H29BrClFN6O3/c2*1-21-13-23(7-12-27(21)36)33(46)42-16-30-31(32(45)39-14-26-28(37)5-4-6-29(26)38)44(34(47)43(30)15-22(42)2)25-10-8-24(9-11-25)41-19-35(20-41)17-40(3)18-35;1-4-40-27-11-9-22(13-21(27)14-37-40)41-29(30(42)36-15-23-25(34)6-5-7-26(23)35)28-17-38(19(3)16-39(28)32(41)44)31(43)20-8-10-24(33)18(2)12-20/h2*4-13,22H,14-20H2,1-3H3,(H,39,45);5-14,19H,4,15-17H2,1-3H3,(H,36,42)/t2*22-;19-/m100/s1. The lowest BCUT2D eigenvalue weighted by Crippen LogP contribution is -2.71. The lowest BCUT2D eigenvalue weighted by molar-refractivity contribution is -0.00245. The summed E-state index contributed by atoms with van der Waals surface area (Å²) in [5.74, 6) is -3.97. The number of nitrogens with zero attached hydrogens (tertiary/aromatic N) is 15. The normalized spacial score (nSPS) is 17.2. The number of benzene rings is 9. The SMILES string of the molecule is CCn1ncc2cc(-n3c(C(=O)NCc4c(F)cccc4Cl)c4n(c3=O)C[C@H](C)N(C(=O)c3ccc(Br)c(C)c3)C4)ccc21.Cc1cc(C(=O)N2Cc3c(C(=O)NCc4c(F)cccc4Cl)n(-c4ccc(N5CC6(CN(C)C6)C5)cc4)c(=O)n3C[C@@H]2C)ccc1Br.Cc1cc(C(=O)N2Cc3c(C(=O)NCc4c(F)cccc4Cl)n(-c4ccc(N5CC6(CN(C)C6)C5)cc4)c(=O)n3C[C@H]2C)ccc1Br. The third-order valence-electron chi connectivity index (χ3n) is 27.4. The van der Waals surface area contributed by atoms with Gasteiger partial charge in [-0.3, -0.25) is 60.9 Å². The number of anilines is 2. The van der Waals surface area contributed by atoms with Crippen LogP contribution >= 0.6 is 82.6 Å². The summed E-state index contributed by atoms with van der Waals surface area (Å²) in [5, 5.41) is 14.1. The summed E-state index contributed by atoms with van der Waals surface area (Å²) >= 11 is 29.2. The summed E-state index contributed by atoms with van der Waals surface area (Å²) in [7, 11) is 4.27. The Morgan fingerprint density at radius 1 is 0.413 bits per heavy atom. The number of nitrogens with one attached hydrogen (secondary N) is 3. The van der Waals surface area contributed by atoms with Gasteiger partial charge in [-0.1, -0.05) is 101 Å². The van der Waals surface area contributed by atoms with Crippen LogP contribution in [0.2, 0.25) is 15.1 Å². The summed E-state index contributed by atoms with van der Waals surface area (Å²) in [6.45, 7) is 22.6. The van der Waals surface area contributed by atoms with Gasteiger partial charge in [0.2, 0.25) is 0 Å². The molecule has 0 saturated carbocycles. The van der Waals surface area contributed by atoms with Gasteiger partial charge in [0.25, 0.3) is 35.4 Å². The molecule has 13 aromatic rings. The molecule has 11 heterocycles. The molecule has 0 aliphatic carbocycles. The number of aromatic nitrogens is 8. The molecule has 0 radical (unpaired) electrons. The highest BCUT2D eigenvalue weighted by atomic mass is 79.9. The largest absolute Gasteiger partial charge is 0.370 e. The van der Waals surface area contributed by atoms with E-state index in [-0.39, 0.29) is 155 Å². The second-order valence-electron chi connectivity index (χ2n) is 37.3. The fourth-order valence-corrected chi connectivity index (χ4v) is 21.8. The maximum atomic E-state index is 14.6. The van der Waals surface area contributed by atoms with E-state index in [4.69, 9.17) is 34.8 Å². The van der Waals surface area contributed by atoms with Crippen LogP contribution in [0.5, 0.6) is 0 Å². The van der Waals surface area contributed by atoms with Crippen molar-refractivity contribution >= 4 is 140 Å². The smallest absolute Gasteiger partial charge is 0.333 e. The van der Waals surface area contributed by atoms with Crippen molar-refractivity contribution in [2.45, 2.75) is 132 Å². The third-order valence-corrected chi connectivity index (χ3v) is 31.1. The predicted octanol–water partition coefficient (Wildman–Crippen LogP) is 16.3. The average Bonchev–Trinajstić information content (AvgIpc) is 1.42. The van der Waals surface area contributed by atoms with Crippen LogP contribution in [0.4, 0.5) is 24.5 Å². The molecule has 7 aliphatic heterocycles. The van der Waals surface area contributed by atoms with E-state index in [1.54, 1.807) is 77.1 Å². The molecule has 0 unspecified atom stereocenters. The Labute approximate surface area is 833 Å². The van der Waals surface area contributed by atoms with Gasteiger partial charge in [-0.15, -0.1) is 0 Å². The Morgan fingerprint density at radius 2 is 0.717 bits per heavy atom. The molecule has 4 aromatic heterocycles. The predicted molar refractivity (Wildman–Crippen MR) is 536 cm³/mol. The maximum absolute atomic E-state index is 14.6. The first-order chi connectivity index (χ1) is 66.0. The van der Waals surface area contributed by atoms with Crippen LogP contribution in [0.15, 0.2) is 210 Å². The molecule has 27 nitrogen and oxygen atoms in total. The average molecular weight is 2120 g/mol. The number of carbonyl (C=O) groups excluding carboxylic acids is 6. The molecular weight excluding hydrogens is 2020 g/mol. The lowest BCUT2D eigenvalue weighted by atomic mass is 9.73. The van der Waals surface area contributed by atoms with Gasteiger partial charge in [-0.05, 0) is 237 Å². The van der Waals surface area contributed by atoms with Gasteiger partial charge in [0.15, 0.2) is 0 Å². The summed E-state index contributed by atoms with van der Waals surface area (Å²) in [4.78, 5) is 140. The van der Waals surface area contributed by atoms with Crippen LogP contribution in [0.25, 0.3) is 28.0 Å². The number of fused-ring (bicyclic) bond motifs is 4. The Kier molecular flexibility index (Phi) is 26.9. The number of imidazole rings is 3. The number of hydrogen-bond acceptors (Lipinski definition) is 14. The maximum Gasteiger partial charge on any atom is 0.333 e. The van der Waals surface area contributed by atoms with Crippen LogP contribution in [0, 0.1) is 49.1 Å². The zero-order valence-electron chi connectivity index (χ0n) is 77.1. The molecule has 714 valence electrons. The van der Waals surface area contributed by atoms with Gasteiger partial charge >= 0.3 is 17.1 Å². The fraction of sp³-hybridized carbons (Fsp3) is 0.314. The van der Waals surface area contributed by atoms with E-state index in [2.05, 4.69) is 103 Å². The number of rotatable bonds is 18. The first kappa shape index (κ1) is 96.2. The summed E-state index contributed by atoms with van der Waals surface area (Å²) in [6, 6.07) is 49.0. The molecule has 20 rings (SSSR count). The molecule has 3 atom stereocenters. The molecular formula is C102H99Br3Cl3F3N18O9. The van der Waals surface area contributed by atoms with Crippen LogP contribution in [-0.4, -0.2) is 182 Å². The van der Waals surface area contributed by atoms with E-state index in [1.165, 1.54) is 50.1 Å². The van der Waals surface area contributed by atoms with E-state index < -0.39 is 40.9 Å². The Hall–Kier alpha value is -12.1. The summed E-state index contributed by atoms with van der Waals surface area (Å²) in [6.07, 6.45) is 1.71. The number of amides is 6. The number of aryl methyl sites for hydroxylation is 4. The number of likely N-dealkylation sites (tertiary alicyclic amines) is 2. The lowest BCUT2D eigenvalue weighted by Gasteiger charge is -2.60. The van der Waals surface area contributed by atoms with E-state index >= 15 is 0 Å². The zero-order valence-corrected chi connectivity index (χ0v) is 84.1. The van der Waals surface area contributed by atoms with Gasteiger partial charge < -0.3 is 50.2 Å². The van der Waals surface area contributed by atoms with Crippen molar-refractivity contribution in [3.05, 3.63) is 344 Å². The third kappa shape index (κ3) is 18.3. The quantitative estimate of drug-likeness (QED) is 0.0722. The Morgan fingerprint density at radius 3 is 1.01 bits per heavy atom. The molecule has 9 aromatic carbocycles. The van der Waals surface area contributed by atoms with E-state index in [0.717, 1.165) is 105 Å². The van der Waals surface area contributed by atoms with Crippen LogP contribution in [-0.2, 0) is 65.4 Å². The van der Waals surface area contributed by atoms with Crippen LogP contribution in [0.3, 0.4) is 0 Å². The molecule has 2 spiro atoms. The number of hydrogen-bond donors (Lipinski definition) is 3.